The molecule has 1 N–H and O–H groups in total. The zero-order valence-corrected chi connectivity index (χ0v) is 13.3. The third kappa shape index (κ3) is 3.30. The summed E-state index contributed by atoms with van der Waals surface area (Å²) < 4.78 is 0. The Bertz CT molecular complexity index is 421. The summed E-state index contributed by atoms with van der Waals surface area (Å²) in [6.45, 7) is 10.9. The number of anilines is 1. The van der Waals surface area contributed by atoms with Crippen LogP contribution in [0.1, 0.15) is 38.8 Å². The van der Waals surface area contributed by atoms with Crippen LogP contribution in [0, 0.1) is 0 Å². The van der Waals surface area contributed by atoms with Gasteiger partial charge in [0.15, 0.2) is 0 Å². The fourth-order valence-corrected chi connectivity index (χ4v) is 3.01. The third-order valence-corrected chi connectivity index (χ3v) is 4.34. The summed E-state index contributed by atoms with van der Waals surface area (Å²) in [4.78, 5) is 9.59. The molecule has 0 radical (unpaired) electrons. The topological polar surface area (TPSA) is 31.4 Å². The van der Waals surface area contributed by atoms with Crippen LogP contribution in [0.25, 0.3) is 0 Å². The zero-order valence-electron chi connectivity index (χ0n) is 13.3. The number of nitrogens with one attached hydrogen (secondary N) is 1. The predicted molar refractivity (Wildman–Crippen MR) is 85.3 cm³/mol. The molecule has 0 bridgehead atoms. The highest BCUT2D eigenvalue weighted by atomic mass is 15.3. The van der Waals surface area contributed by atoms with E-state index in [9.17, 15) is 0 Å². The van der Waals surface area contributed by atoms with Gasteiger partial charge in [-0.25, -0.2) is 4.98 Å². The first-order valence-corrected chi connectivity index (χ1v) is 7.80. The number of rotatable bonds is 5. The van der Waals surface area contributed by atoms with Crippen LogP contribution >= 0.6 is 0 Å². The van der Waals surface area contributed by atoms with Crippen LogP contribution in [0.4, 0.5) is 5.82 Å². The maximum atomic E-state index is 4.67. The van der Waals surface area contributed by atoms with Crippen molar-refractivity contribution in [1.82, 2.24) is 15.2 Å². The van der Waals surface area contributed by atoms with Gasteiger partial charge in [-0.1, -0.05) is 19.9 Å². The number of nitrogens with zero attached hydrogens (tertiary/aromatic N) is 3. The van der Waals surface area contributed by atoms with Crippen LogP contribution in [0.5, 0.6) is 0 Å². The summed E-state index contributed by atoms with van der Waals surface area (Å²) in [7, 11) is 2.23. The van der Waals surface area contributed by atoms with E-state index in [0.717, 1.165) is 32.0 Å². The van der Waals surface area contributed by atoms with Crippen LogP contribution in [-0.4, -0.2) is 49.2 Å². The van der Waals surface area contributed by atoms with Gasteiger partial charge in [-0.05, 0) is 33.0 Å². The normalized spacial score (nSPS) is 22.0. The Hall–Kier alpha value is -1.13. The van der Waals surface area contributed by atoms with Crippen molar-refractivity contribution >= 4 is 5.82 Å². The molecule has 1 fully saturated rings. The van der Waals surface area contributed by atoms with Crippen molar-refractivity contribution in [3.05, 3.63) is 23.9 Å². The van der Waals surface area contributed by atoms with Gasteiger partial charge in [0.2, 0.25) is 0 Å². The van der Waals surface area contributed by atoms with Gasteiger partial charge in [0.25, 0.3) is 0 Å². The molecule has 2 atom stereocenters. The lowest BCUT2D eigenvalue weighted by molar-refractivity contribution is 0.212. The quantitative estimate of drug-likeness (QED) is 0.894. The molecule has 0 aliphatic carbocycles. The van der Waals surface area contributed by atoms with Gasteiger partial charge >= 0.3 is 0 Å². The molecule has 1 aliphatic rings. The van der Waals surface area contributed by atoms with Gasteiger partial charge in [-0.3, -0.25) is 4.90 Å². The second kappa shape index (κ2) is 7.04. The Morgan fingerprint density at radius 3 is 2.90 bits per heavy atom. The molecule has 2 heterocycles. The van der Waals surface area contributed by atoms with Gasteiger partial charge in [0.05, 0.1) is 0 Å². The van der Waals surface area contributed by atoms with E-state index in [2.05, 4.69) is 54.0 Å². The van der Waals surface area contributed by atoms with Crippen LogP contribution in [0.2, 0.25) is 0 Å². The lowest BCUT2D eigenvalue weighted by Gasteiger charge is -2.40. The number of hydrogen-bond donors (Lipinski definition) is 1. The zero-order chi connectivity index (χ0) is 14.5. The molecule has 1 aromatic rings. The number of pyridine rings is 1. The minimum Gasteiger partial charge on any atom is -0.353 e. The molecule has 4 heteroatoms. The van der Waals surface area contributed by atoms with Gasteiger partial charge in [0.1, 0.15) is 5.82 Å². The van der Waals surface area contributed by atoms with Gasteiger partial charge < -0.3 is 10.2 Å². The fraction of sp³-hybridized carbons (Fsp3) is 0.688. The van der Waals surface area contributed by atoms with Crippen molar-refractivity contribution in [2.75, 3.05) is 38.1 Å². The van der Waals surface area contributed by atoms with Crippen molar-refractivity contribution in [1.29, 1.82) is 0 Å². The first-order valence-electron chi connectivity index (χ1n) is 7.80. The Morgan fingerprint density at radius 2 is 2.20 bits per heavy atom. The van der Waals surface area contributed by atoms with Crippen molar-refractivity contribution < 1.29 is 0 Å². The van der Waals surface area contributed by atoms with Gasteiger partial charge in [-0.15, -0.1) is 0 Å². The molecule has 1 aromatic heterocycles. The van der Waals surface area contributed by atoms with Crippen LogP contribution in [0.15, 0.2) is 18.3 Å². The van der Waals surface area contributed by atoms with Crippen molar-refractivity contribution in [2.45, 2.75) is 39.3 Å². The minimum atomic E-state index is 0.350. The highest BCUT2D eigenvalue weighted by Gasteiger charge is 2.25. The lowest BCUT2D eigenvalue weighted by Crippen LogP contribution is -2.51. The van der Waals surface area contributed by atoms with Crippen molar-refractivity contribution in [3.8, 4) is 0 Å². The molecular weight excluding hydrogens is 248 g/mol. The molecule has 1 saturated heterocycles. The van der Waals surface area contributed by atoms with E-state index >= 15 is 0 Å². The molecule has 0 amide bonds. The summed E-state index contributed by atoms with van der Waals surface area (Å²) in [5, 5.41) is 3.50. The van der Waals surface area contributed by atoms with Crippen LogP contribution in [0.3, 0.4) is 0 Å². The third-order valence-electron chi connectivity index (χ3n) is 4.34. The Kier molecular flexibility index (Phi) is 5.38. The van der Waals surface area contributed by atoms with Crippen LogP contribution in [-0.2, 0) is 0 Å². The second-order valence-corrected chi connectivity index (χ2v) is 5.68. The number of likely N-dealkylation sites (N-methyl/N-ethyl adjacent to an activating group) is 1. The van der Waals surface area contributed by atoms with E-state index in [1.165, 1.54) is 12.0 Å². The number of aromatic nitrogens is 1. The van der Waals surface area contributed by atoms with E-state index in [4.69, 9.17) is 0 Å². The molecule has 2 unspecified atom stereocenters. The van der Waals surface area contributed by atoms with Crippen LogP contribution < -0.4 is 10.2 Å². The van der Waals surface area contributed by atoms with Gasteiger partial charge in [-0.2, -0.15) is 0 Å². The van der Waals surface area contributed by atoms with E-state index < -0.39 is 0 Å². The highest BCUT2D eigenvalue weighted by Crippen LogP contribution is 2.26. The second-order valence-electron chi connectivity index (χ2n) is 5.68. The SMILES string of the molecule is CCNC(C)c1cccnc1N1CCN(C)C(CC)C1. The monoisotopic (exact) mass is 276 g/mol. The molecular formula is C16H28N4. The molecule has 20 heavy (non-hydrogen) atoms. The first-order chi connectivity index (χ1) is 9.67. The largest absolute Gasteiger partial charge is 0.353 e. The maximum Gasteiger partial charge on any atom is 0.133 e. The predicted octanol–water partition coefficient (Wildman–Crippen LogP) is 2.28. The standard InChI is InChI=1S/C16H28N4/c1-5-14-12-20(11-10-19(14)4)16-15(8-7-9-18-16)13(3)17-6-2/h7-9,13-14,17H,5-6,10-12H2,1-4H3. The molecule has 0 spiro atoms. The van der Waals surface area contributed by atoms with Gasteiger partial charge in [0, 0.05) is 43.5 Å². The molecule has 2 rings (SSSR count). The fourth-order valence-electron chi connectivity index (χ4n) is 3.01. The highest BCUT2D eigenvalue weighted by molar-refractivity contribution is 5.49. The van der Waals surface area contributed by atoms with Crippen molar-refractivity contribution in [2.24, 2.45) is 0 Å². The van der Waals surface area contributed by atoms with E-state index in [-0.39, 0.29) is 0 Å². The summed E-state index contributed by atoms with van der Waals surface area (Å²) in [5.41, 5.74) is 1.31. The van der Waals surface area contributed by atoms with E-state index in [1.807, 2.05) is 12.3 Å². The average Bonchev–Trinajstić information content (AvgIpc) is 2.48. The Balaban J connectivity index is 2.20. The molecule has 112 valence electrons. The number of piperazine rings is 1. The van der Waals surface area contributed by atoms with E-state index in [1.54, 1.807) is 0 Å². The molecule has 1 aliphatic heterocycles. The average molecular weight is 276 g/mol. The van der Waals surface area contributed by atoms with E-state index in [0.29, 0.717) is 12.1 Å². The summed E-state index contributed by atoms with van der Waals surface area (Å²) in [6.07, 6.45) is 3.11. The maximum absolute atomic E-state index is 4.67. The summed E-state index contributed by atoms with van der Waals surface area (Å²) in [5.74, 6) is 1.16. The minimum absolute atomic E-state index is 0.350. The summed E-state index contributed by atoms with van der Waals surface area (Å²) >= 11 is 0. The Morgan fingerprint density at radius 1 is 1.40 bits per heavy atom. The molecule has 0 aromatic carbocycles. The smallest absolute Gasteiger partial charge is 0.133 e. The summed E-state index contributed by atoms with van der Waals surface area (Å²) in [6, 6.07) is 5.23. The van der Waals surface area contributed by atoms with Crippen molar-refractivity contribution in [3.63, 3.8) is 0 Å². The first kappa shape index (κ1) is 15.3. The number of hydrogen-bond acceptors (Lipinski definition) is 4. The lowest BCUT2D eigenvalue weighted by atomic mass is 10.1. The Labute approximate surface area is 123 Å². The molecule has 4 nitrogen and oxygen atoms in total. The molecule has 0 saturated carbocycles.